The number of aromatic nitrogens is 1. The van der Waals surface area contributed by atoms with E-state index >= 15 is 0 Å². The maximum absolute atomic E-state index is 12.9. The fourth-order valence-corrected chi connectivity index (χ4v) is 2.79. The Morgan fingerprint density at radius 1 is 1.08 bits per heavy atom. The summed E-state index contributed by atoms with van der Waals surface area (Å²) in [6.45, 7) is 3.17. The number of amides is 1. The minimum atomic E-state index is -0.0457. The van der Waals surface area contributed by atoms with Crippen molar-refractivity contribution in [2.45, 2.75) is 13.5 Å². The van der Waals surface area contributed by atoms with Crippen LogP contribution in [0.25, 0.3) is 0 Å². The summed E-state index contributed by atoms with van der Waals surface area (Å²) in [5, 5.41) is 3.96. The molecule has 1 N–H and O–H groups in total. The molecule has 1 heterocycles. The van der Waals surface area contributed by atoms with Crippen molar-refractivity contribution in [3.63, 3.8) is 0 Å². The second kappa shape index (κ2) is 8.50. The molecule has 0 aliphatic rings. The van der Waals surface area contributed by atoms with E-state index in [1.54, 1.807) is 23.2 Å². The molecule has 0 radical (unpaired) electrons. The molecule has 3 rings (SSSR count). The highest BCUT2D eigenvalue weighted by molar-refractivity contribution is 6.30. The van der Waals surface area contributed by atoms with Gasteiger partial charge < -0.3 is 10.2 Å². The molecule has 0 unspecified atom stereocenters. The Kier molecular flexibility index (Phi) is 5.87. The number of carbonyl (C=O) groups is 1. The number of para-hydroxylation sites is 1. The molecule has 4 nitrogen and oxygen atoms in total. The van der Waals surface area contributed by atoms with Crippen LogP contribution in [0.5, 0.6) is 0 Å². The predicted molar refractivity (Wildman–Crippen MR) is 107 cm³/mol. The van der Waals surface area contributed by atoms with Crippen LogP contribution in [0.2, 0.25) is 5.02 Å². The molecular weight excluding hydrogens is 346 g/mol. The van der Waals surface area contributed by atoms with Crippen LogP contribution in [0.1, 0.15) is 22.8 Å². The first kappa shape index (κ1) is 18.0. The second-order valence-electron chi connectivity index (χ2n) is 5.79. The van der Waals surface area contributed by atoms with E-state index in [9.17, 15) is 4.79 Å². The maximum atomic E-state index is 12.9. The zero-order chi connectivity index (χ0) is 18.4. The average molecular weight is 366 g/mol. The van der Waals surface area contributed by atoms with Gasteiger partial charge in [0.2, 0.25) is 0 Å². The maximum Gasteiger partial charge on any atom is 0.258 e. The Labute approximate surface area is 158 Å². The molecule has 0 saturated carbocycles. The van der Waals surface area contributed by atoms with E-state index in [4.69, 9.17) is 11.6 Å². The third kappa shape index (κ3) is 4.41. The van der Waals surface area contributed by atoms with Gasteiger partial charge in [-0.2, -0.15) is 0 Å². The van der Waals surface area contributed by atoms with Crippen LogP contribution in [0, 0.1) is 0 Å². The van der Waals surface area contributed by atoms with Crippen molar-refractivity contribution < 1.29 is 4.79 Å². The number of hydrogen-bond donors (Lipinski definition) is 1. The molecule has 0 saturated heterocycles. The molecule has 0 fully saturated rings. The fraction of sp³-hybridized carbons (Fsp3) is 0.143. The Hall–Kier alpha value is -2.85. The first-order valence-corrected chi connectivity index (χ1v) is 8.86. The number of nitrogens with one attached hydrogen (secondary N) is 1. The molecule has 1 amide bonds. The van der Waals surface area contributed by atoms with Crippen molar-refractivity contribution in [3.8, 4) is 0 Å². The molecule has 5 heteroatoms. The third-order valence-corrected chi connectivity index (χ3v) is 4.27. The number of halogens is 1. The highest BCUT2D eigenvalue weighted by atomic mass is 35.5. The number of nitrogens with zero attached hydrogens (tertiary/aromatic N) is 2. The molecule has 0 bridgehead atoms. The standard InChI is InChI=1S/C21H20ClN3O/c1-2-25(19-6-4-3-5-7-19)21(26)17-12-13-23-20(14-17)24-15-16-8-10-18(22)11-9-16/h3-14H,2,15H2,1H3,(H,23,24). The summed E-state index contributed by atoms with van der Waals surface area (Å²) in [4.78, 5) is 18.9. The molecule has 0 aliphatic heterocycles. The van der Waals surface area contributed by atoms with Crippen LogP contribution in [0.3, 0.4) is 0 Å². The monoisotopic (exact) mass is 365 g/mol. The van der Waals surface area contributed by atoms with E-state index in [0.29, 0.717) is 29.5 Å². The summed E-state index contributed by atoms with van der Waals surface area (Å²) in [7, 11) is 0. The lowest BCUT2D eigenvalue weighted by Crippen LogP contribution is -2.30. The van der Waals surface area contributed by atoms with Gasteiger partial charge in [-0.15, -0.1) is 0 Å². The van der Waals surface area contributed by atoms with E-state index in [1.165, 1.54) is 0 Å². The van der Waals surface area contributed by atoms with Crippen LogP contribution in [-0.2, 0) is 6.54 Å². The van der Waals surface area contributed by atoms with Gasteiger partial charge in [0.1, 0.15) is 5.82 Å². The van der Waals surface area contributed by atoms with Gasteiger partial charge in [0.15, 0.2) is 0 Å². The minimum absolute atomic E-state index is 0.0457. The molecule has 0 spiro atoms. The number of anilines is 2. The predicted octanol–water partition coefficient (Wildman–Crippen LogP) is 5.01. The van der Waals surface area contributed by atoms with Gasteiger partial charge in [0.05, 0.1) is 0 Å². The average Bonchev–Trinajstić information content (AvgIpc) is 2.69. The van der Waals surface area contributed by atoms with Gasteiger partial charge in [-0.25, -0.2) is 4.98 Å². The van der Waals surface area contributed by atoms with E-state index in [2.05, 4.69) is 10.3 Å². The Balaban J connectivity index is 1.73. The van der Waals surface area contributed by atoms with Crippen molar-refractivity contribution >= 4 is 29.0 Å². The largest absolute Gasteiger partial charge is 0.366 e. The van der Waals surface area contributed by atoms with E-state index < -0.39 is 0 Å². The molecule has 26 heavy (non-hydrogen) atoms. The van der Waals surface area contributed by atoms with Gasteiger partial charge in [0, 0.05) is 35.6 Å². The number of hydrogen-bond acceptors (Lipinski definition) is 3. The van der Waals surface area contributed by atoms with Crippen LogP contribution >= 0.6 is 11.6 Å². The van der Waals surface area contributed by atoms with Crippen molar-refractivity contribution in [2.24, 2.45) is 0 Å². The number of rotatable bonds is 6. The lowest BCUT2D eigenvalue weighted by Gasteiger charge is -2.21. The van der Waals surface area contributed by atoms with Gasteiger partial charge in [0.25, 0.3) is 5.91 Å². The van der Waals surface area contributed by atoms with E-state index in [-0.39, 0.29) is 5.91 Å². The van der Waals surface area contributed by atoms with Crippen LogP contribution in [-0.4, -0.2) is 17.4 Å². The zero-order valence-electron chi connectivity index (χ0n) is 14.5. The summed E-state index contributed by atoms with van der Waals surface area (Å²) >= 11 is 5.90. The summed E-state index contributed by atoms with van der Waals surface area (Å²) in [6.07, 6.45) is 1.65. The molecule has 0 atom stereocenters. The molecule has 2 aromatic carbocycles. The zero-order valence-corrected chi connectivity index (χ0v) is 15.3. The Bertz CT molecular complexity index is 866. The SMILES string of the molecule is CCN(C(=O)c1ccnc(NCc2ccc(Cl)cc2)c1)c1ccccc1. The van der Waals surface area contributed by atoms with Crippen molar-refractivity contribution in [1.82, 2.24) is 4.98 Å². The highest BCUT2D eigenvalue weighted by Crippen LogP contribution is 2.18. The normalized spacial score (nSPS) is 10.4. The van der Waals surface area contributed by atoms with Crippen molar-refractivity contribution in [3.05, 3.63) is 89.1 Å². The lowest BCUT2D eigenvalue weighted by atomic mass is 10.2. The van der Waals surface area contributed by atoms with Gasteiger partial charge in [-0.1, -0.05) is 41.9 Å². The van der Waals surface area contributed by atoms with Crippen LogP contribution in [0.4, 0.5) is 11.5 Å². The molecule has 132 valence electrons. The molecule has 1 aromatic heterocycles. The van der Waals surface area contributed by atoms with Crippen LogP contribution < -0.4 is 10.2 Å². The molecular formula is C21H20ClN3O. The van der Waals surface area contributed by atoms with E-state index in [0.717, 1.165) is 11.3 Å². The summed E-state index contributed by atoms with van der Waals surface area (Å²) in [6, 6.07) is 20.8. The highest BCUT2D eigenvalue weighted by Gasteiger charge is 2.16. The van der Waals surface area contributed by atoms with Gasteiger partial charge in [-0.05, 0) is 48.9 Å². The number of carbonyl (C=O) groups excluding carboxylic acids is 1. The van der Waals surface area contributed by atoms with Crippen molar-refractivity contribution in [1.29, 1.82) is 0 Å². The second-order valence-corrected chi connectivity index (χ2v) is 6.23. The smallest absolute Gasteiger partial charge is 0.258 e. The van der Waals surface area contributed by atoms with E-state index in [1.807, 2.05) is 61.5 Å². The quantitative estimate of drug-likeness (QED) is 0.667. The van der Waals surface area contributed by atoms with Crippen molar-refractivity contribution in [2.75, 3.05) is 16.8 Å². The number of benzene rings is 2. The van der Waals surface area contributed by atoms with Gasteiger partial charge >= 0.3 is 0 Å². The third-order valence-electron chi connectivity index (χ3n) is 4.02. The molecule has 3 aromatic rings. The Morgan fingerprint density at radius 2 is 1.81 bits per heavy atom. The fourth-order valence-electron chi connectivity index (χ4n) is 2.66. The first-order valence-electron chi connectivity index (χ1n) is 8.48. The topological polar surface area (TPSA) is 45.2 Å². The first-order chi connectivity index (χ1) is 12.7. The summed E-state index contributed by atoms with van der Waals surface area (Å²) in [5.74, 6) is 0.616. The minimum Gasteiger partial charge on any atom is -0.366 e. The molecule has 0 aliphatic carbocycles. The summed E-state index contributed by atoms with van der Waals surface area (Å²) in [5.41, 5.74) is 2.57. The Morgan fingerprint density at radius 3 is 2.50 bits per heavy atom. The lowest BCUT2D eigenvalue weighted by molar-refractivity contribution is 0.0988. The summed E-state index contributed by atoms with van der Waals surface area (Å²) < 4.78 is 0. The van der Waals surface area contributed by atoms with Crippen LogP contribution in [0.15, 0.2) is 72.9 Å². The number of pyridine rings is 1. The van der Waals surface area contributed by atoms with Gasteiger partial charge in [-0.3, -0.25) is 4.79 Å².